The molecule has 3 amide bonds. The van der Waals surface area contributed by atoms with Crippen molar-refractivity contribution in [1.82, 2.24) is 15.6 Å². The van der Waals surface area contributed by atoms with Crippen LogP contribution in [0.15, 0.2) is 58.9 Å². The molecule has 1 aromatic heterocycles. The number of thiazole rings is 1. The van der Waals surface area contributed by atoms with Crippen molar-refractivity contribution in [2.75, 3.05) is 5.75 Å². The Labute approximate surface area is 153 Å². The van der Waals surface area contributed by atoms with Gasteiger partial charge in [0.15, 0.2) is 4.34 Å². The Morgan fingerprint density at radius 2 is 1.80 bits per heavy atom. The summed E-state index contributed by atoms with van der Waals surface area (Å²) in [5.41, 5.74) is 1.95. The number of imide groups is 1. The second-order valence-corrected chi connectivity index (χ2v) is 7.64. The van der Waals surface area contributed by atoms with E-state index >= 15 is 0 Å². The van der Waals surface area contributed by atoms with Crippen LogP contribution in [0.5, 0.6) is 0 Å². The molecule has 0 radical (unpaired) electrons. The maximum Gasteiger partial charge on any atom is 0.321 e. The van der Waals surface area contributed by atoms with E-state index in [-0.39, 0.29) is 12.3 Å². The van der Waals surface area contributed by atoms with Crippen LogP contribution >= 0.6 is 23.1 Å². The number of thioether (sulfide) groups is 1. The number of hydrogen-bond donors (Lipinski definition) is 2. The van der Waals surface area contributed by atoms with Gasteiger partial charge in [-0.15, -0.1) is 11.3 Å². The zero-order valence-corrected chi connectivity index (χ0v) is 15.0. The molecule has 5 nitrogen and oxygen atoms in total. The summed E-state index contributed by atoms with van der Waals surface area (Å²) in [6, 6.07) is 17.0. The van der Waals surface area contributed by atoms with Crippen molar-refractivity contribution >= 4 is 45.3 Å². The lowest BCUT2D eigenvalue weighted by Crippen LogP contribution is -2.39. The van der Waals surface area contributed by atoms with Crippen molar-refractivity contribution in [3.63, 3.8) is 0 Å². The minimum Gasteiger partial charge on any atom is -0.334 e. The summed E-state index contributed by atoms with van der Waals surface area (Å²) in [7, 11) is 0. The van der Waals surface area contributed by atoms with Gasteiger partial charge in [0, 0.05) is 18.7 Å². The fourth-order valence-corrected chi connectivity index (χ4v) is 4.23. The summed E-state index contributed by atoms with van der Waals surface area (Å²) < 4.78 is 2.07. The summed E-state index contributed by atoms with van der Waals surface area (Å²) in [5, 5.41) is 5.01. The molecule has 0 aliphatic carbocycles. The first-order valence-corrected chi connectivity index (χ1v) is 9.61. The number of hydrogen-bond acceptors (Lipinski definition) is 5. The molecule has 0 aliphatic heterocycles. The van der Waals surface area contributed by atoms with E-state index in [1.54, 1.807) is 11.3 Å². The summed E-state index contributed by atoms with van der Waals surface area (Å²) >= 11 is 3.14. The van der Waals surface area contributed by atoms with Gasteiger partial charge in [-0.05, 0) is 17.7 Å². The average Bonchev–Trinajstić information content (AvgIpc) is 3.03. The fourth-order valence-electron chi connectivity index (χ4n) is 2.16. The van der Waals surface area contributed by atoms with E-state index < -0.39 is 6.03 Å². The van der Waals surface area contributed by atoms with Crippen molar-refractivity contribution in [2.45, 2.75) is 17.3 Å². The number of carbonyl (C=O) groups is 2. The van der Waals surface area contributed by atoms with Gasteiger partial charge in [0.25, 0.3) is 0 Å². The largest absolute Gasteiger partial charge is 0.334 e. The topological polar surface area (TPSA) is 71.1 Å². The molecule has 3 aromatic rings. The van der Waals surface area contributed by atoms with Crippen molar-refractivity contribution in [3.05, 3.63) is 60.2 Å². The van der Waals surface area contributed by atoms with Crippen LogP contribution in [-0.2, 0) is 11.3 Å². The average molecular weight is 371 g/mol. The van der Waals surface area contributed by atoms with Gasteiger partial charge in [-0.1, -0.05) is 54.2 Å². The van der Waals surface area contributed by atoms with E-state index in [1.165, 1.54) is 11.8 Å². The number of aromatic nitrogens is 1. The Hall–Kier alpha value is -2.38. The summed E-state index contributed by atoms with van der Waals surface area (Å²) in [4.78, 5) is 28.0. The first kappa shape index (κ1) is 17.4. The smallest absolute Gasteiger partial charge is 0.321 e. The number of nitrogens with zero attached hydrogens (tertiary/aromatic N) is 1. The van der Waals surface area contributed by atoms with Gasteiger partial charge < -0.3 is 5.32 Å². The third-order valence-electron chi connectivity index (χ3n) is 3.38. The van der Waals surface area contributed by atoms with E-state index in [0.29, 0.717) is 12.3 Å². The van der Waals surface area contributed by atoms with Crippen LogP contribution in [0.4, 0.5) is 4.79 Å². The van der Waals surface area contributed by atoms with Crippen LogP contribution in [0.25, 0.3) is 10.2 Å². The van der Waals surface area contributed by atoms with Gasteiger partial charge in [-0.25, -0.2) is 9.78 Å². The Balaban J connectivity index is 1.38. The lowest BCUT2D eigenvalue weighted by Gasteiger charge is -2.06. The highest BCUT2D eigenvalue weighted by atomic mass is 32.2. The van der Waals surface area contributed by atoms with Gasteiger partial charge in [0.05, 0.1) is 10.2 Å². The monoisotopic (exact) mass is 371 g/mol. The normalized spacial score (nSPS) is 10.6. The Morgan fingerprint density at radius 1 is 1.04 bits per heavy atom. The third-order valence-corrected chi connectivity index (χ3v) is 5.56. The van der Waals surface area contributed by atoms with Crippen LogP contribution in [0.3, 0.4) is 0 Å². The standard InChI is InChI=1S/C18H17N3O2S2/c22-16(21-17(23)19-12-13-6-2-1-3-7-13)10-11-24-18-20-14-8-4-5-9-15(14)25-18/h1-9H,10-12H2,(H2,19,21,22,23). The molecule has 0 aliphatic rings. The van der Waals surface area contributed by atoms with E-state index in [0.717, 1.165) is 20.1 Å². The summed E-state index contributed by atoms with van der Waals surface area (Å²) in [6.45, 7) is 0.389. The molecule has 7 heteroatoms. The van der Waals surface area contributed by atoms with Crippen molar-refractivity contribution in [1.29, 1.82) is 0 Å². The predicted octanol–water partition coefficient (Wildman–Crippen LogP) is 3.80. The molecular weight excluding hydrogens is 354 g/mol. The van der Waals surface area contributed by atoms with Gasteiger partial charge >= 0.3 is 6.03 Å². The van der Waals surface area contributed by atoms with Gasteiger partial charge in [-0.3, -0.25) is 10.1 Å². The van der Waals surface area contributed by atoms with Crippen LogP contribution < -0.4 is 10.6 Å². The first-order chi connectivity index (χ1) is 12.2. The maximum absolute atomic E-state index is 11.8. The molecule has 3 rings (SSSR count). The highest BCUT2D eigenvalue weighted by Gasteiger charge is 2.09. The highest BCUT2D eigenvalue weighted by molar-refractivity contribution is 8.01. The molecule has 0 spiro atoms. The second-order valence-electron chi connectivity index (χ2n) is 5.26. The Morgan fingerprint density at radius 3 is 2.60 bits per heavy atom. The number of rotatable bonds is 6. The lowest BCUT2D eigenvalue weighted by atomic mass is 10.2. The summed E-state index contributed by atoms with van der Waals surface area (Å²) in [6.07, 6.45) is 0.263. The van der Waals surface area contributed by atoms with Crippen LogP contribution in [0.1, 0.15) is 12.0 Å². The number of benzene rings is 2. The van der Waals surface area contributed by atoms with Crippen LogP contribution in [-0.4, -0.2) is 22.7 Å². The molecule has 2 aromatic carbocycles. The van der Waals surface area contributed by atoms with E-state index in [4.69, 9.17) is 0 Å². The maximum atomic E-state index is 11.8. The third kappa shape index (κ3) is 5.30. The fraction of sp³-hybridized carbons (Fsp3) is 0.167. The molecule has 128 valence electrons. The molecule has 25 heavy (non-hydrogen) atoms. The van der Waals surface area contributed by atoms with E-state index in [9.17, 15) is 9.59 Å². The van der Waals surface area contributed by atoms with Gasteiger partial charge in [0.1, 0.15) is 0 Å². The molecular formula is C18H17N3O2S2. The molecule has 0 bridgehead atoms. The number of nitrogens with one attached hydrogen (secondary N) is 2. The minimum absolute atomic E-state index is 0.263. The number of para-hydroxylation sites is 1. The van der Waals surface area contributed by atoms with Crippen LogP contribution in [0, 0.1) is 0 Å². The molecule has 0 unspecified atom stereocenters. The minimum atomic E-state index is -0.473. The number of urea groups is 1. The highest BCUT2D eigenvalue weighted by Crippen LogP contribution is 2.29. The number of carbonyl (C=O) groups excluding carboxylic acids is 2. The Bertz CT molecular complexity index is 832. The number of fused-ring (bicyclic) bond motifs is 1. The SMILES string of the molecule is O=C(CCSc1nc2ccccc2s1)NC(=O)NCc1ccccc1. The van der Waals surface area contributed by atoms with E-state index in [2.05, 4.69) is 15.6 Å². The molecule has 0 atom stereocenters. The van der Waals surface area contributed by atoms with Crippen molar-refractivity contribution in [2.24, 2.45) is 0 Å². The zero-order valence-electron chi connectivity index (χ0n) is 13.4. The molecule has 2 N–H and O–H groups in total. The van der Waals surface area contributed by atoms with Crippen molar-refractivity contribution in [3.8, 4) is 0 Å². The second kappa shape index (κ2) is 8.64. The molecule has 0 fully saturated rings. The van der Waals surface area contributed by atoms with Gasteiger partial charge in [0.2, 0.25) is 5.91 Å². The molecule has 0 saturated carbocycles. The van der Waals surface area contributed by atoms with Gasteiger partial charge in [-0.2, -0.15) is 0 Å². The Kier molecular flexibility index (Phi) is 6.03. The summed E-state index contributed by atoms with van der Waals surface area (Å²) in [5.74, 6) is 0.289. The van der Waals surface area contributed by atoms with Crippen LogP contribution in [0.2, 0.25) is 0 Å². The quantitative estimate of drug-likeness (QED) is 0.647. The van der Waals surface area contributed by atoms with Crippen molar-refractivity contribution < 1.29 is 9.59 Å². The molecule has 1 heterocycles. The number of amides is 3. The zero-order chi connectivity index (χ0) is 17.5. The lowest BCUT2D eigenvalue weighted by molar-refractivity contribution is -0.119. The molecule has 0 saturated heterocycles. The first-order valence-electron chi connectivity index (χ1n) is 7.81. The predicted molar refractivity (Wildman–Crippen MR) is 102 cm³/mol. The van der Waals surface area contributed by atoms with E-state index in [1.807, 2.05) is 54.6 Å².